The molecule has 1 heterocycles. The molecule has 0 radical (unpaired) electrons. The molecule has 174 valence electrons. The second-order valence-corrected chi connectivity index (χ2v) is 10.9. The van der Waals surface area contributed by atoms with E-state index in [-0.39, 0.29) is 23.5 Å². The molecule has 1 aliphatic heterocycles. The Bertz CT molecular complexity index is 986. The highest BCUT2D eigenvalue weighted by atomic mass is 32.2. The third kappa shape index (κ3) is 6.48. The van der Waals surface area contributed by atoms with E-state index in [0.29, 0.717) is 25.1 Å². The average molecular weight is 459 g/mol. The van der Waals surface area contributed by atoms with E-state index in [1.807, 2.05) is 55.4 Å². The van der Waals surface area contributed by atoms with Gasteiger partial charge in [0.1, 0.15) is 5.75 Å². The summed E-state index contributed by atoms with van der Waals surface area (Å²) in [6.45, 7) is 3.19. The summed E-state index contributed by atoms with van der Waals surface area (Å²) in [7, 11) is 0.846. The molecular weight excluding hydrogens is 424 g/mol. The van der Waals surface area contributed by atoms with Crippen molar-refractivity contribution in [3.8, 4) is 5.75 Å². The Kier molecular flexibility index (Phi) is 8.18. The van der Waals surface area contributed by atoms with Crippen LogP contribution in [-0.4, -0.2) is 57.5 Å². The lowest BCUT2D eigenvalue weighted by Gasteiger charge is -2.29. The van der Waals surface area contributed by atoms with E-state index in [0.717, 1.165) is 36.3 Å². The molecule has 1 saturated heterocycles. The Morgan fingerprint density at radius 2 is 1.72 bits per heavy atom. The van der Waals surface area contributed by atoms with Gasteiger partial charge in [-0.1, -0.05) is 31.9 Å². The summed E-state index contributed by atoms with van der Waals surface area (Å²) < 4.78 is 30.0. The fourth-order valence-corrected chi connectivity index (χ4v) is 5.62. The first-order valence-corrected chi connectivity index (χ1v) is 13.1. The van der Waals surface area contributed by atoms with E-state index in [4.69, 9.17) is 4.74 Å². The van der Waals surface area contributed by atoms with Crippen LogP contribution < -0.4 is 9.64 Å². The molecule has 1 unspecified atom stereocenters. The number of ether oxygens (including phenoxy) is 1. The number of rotatable bonds is 10. The van der Waals surface area contributed by atoms with Gasteiger partial charge in [0.25, 0.3) is 5.91 Å². The molecule has 0 bridgehead atoms. The van der Waals surface area contributed by atoms with Crippen molar-refractivity contribution in [1.82, 2.24) is 4.90 Å². The lowest BCUT2D eigenvalue weighted by atomic mass is 10.1. The second kappa shape index (κ2) is 10.9. The minimum Gasteiger partial charge on any atom is -0.494 e. The van der Waals surface area contributed by atoms with Crippen LogP contribution in [-0.2, 0) is 16.4 Å². The van der Waals surface area contributed by atoms with Gasteiger partial charge in [-0.05, 0) is 54.8 Å². The summed E-state index contributed by atoms with van der Waals surface area (Å²) >= 11 is 0. The number of carbonyl (C=O) groups is 1. The summed E-state index contributed by atoms with van der Waals surface area (Å²) in [5.41, 5.74) is 2.59. The van der Waals surface area contributed by atoms with Crippen molar-refractivity contribution < 1.29 is 17.9 Å². The lowest BCUT2D eigenvalue weighted by Crippen LogP contribution is -2.40. The van der Waals surface area contributed by atoms with E-state index < -0.39 is 9.84 Å². The Hall–Kier alpha value is -2.54. The monoisotopic (exact) mass is 458 g/mol. The predicted octanol–water partition coefficient (Wildman–Crippen LogP) is 4.15. The van der Waals surface area contributed by atoms with Crippen LogP contribution in [0.25, 0.3) is 0 Å². The molecule has 2 aromatic carbocycles. The quantitative estimate of drug-likeness (QED) is 0.501. The summed E-state index contributed by atoms with van der Waals surface area (Å²) in [4.78, 5) is 17.1. The molecule has 32 heavy (non-hydrogen) atoms. The molecule has 0 aliphatic carbocycles. The van der Waals surface area contributed by atoms with Crippen molar-refractivity contribution in [3.63, 3.8) is 0 Å². The van der Waals surface area contributed by atoms with Gasteiger partial charge in [-0.15, -0.1) is 0 Å². The molecule has 6 nitrogen and oxygen atoms in total. The van der Waals surface area contributed by atoms with E-state index in [2.05, 4.69) is 6.92 Å². The molecule has 0 spiro atoms. The number of unbranched alkanes of at least 4 members (excludes halogenated alkanes) is 2. The third-order valence-corrected chi connectivity index (χ3v) is 7.58. The molecule has 3 rings (SSSR count). The SMILES string of the molecule is CCCCCOc1ccc(C(=O)N(Cc2ccc(N(C)C)cc2)C2CCS(=O)(=O)C2)cc1. The first-order valence-electron chi connectivity index (χ1n) is 11.3. The first kappa shape index (κ1) is 24.1. The lowest BCUT2D eigenvalue weighted by molar-refractivity contribution is 0.0681. The van der Waals surface area contributed by atoms with Gasteiger partial charge in [-0.3, -0.25) is 4.79 Å². The van der Waals surface area contributed by atoms with Crippen molar-refractivity contribution in [2.75, 3.05) is 37.1 Å². The first-order chi connectivity index (χ1) is 15.3. The molecule has 1 atom stereocenters. The average Bonchev–Trinajstić information content (AvgIpc) is 3.14. The number of amides is 1. The van der Waals surface area contributed by atoms with Crippen LogP contribution >= 0.6 is 0 Å². The summed E-state index contributed by atoms with van der Waals surface area (Å²) in [5, 5.41) is 0. The Morgan fingerprint density at radius 3 is 2.28 bits per heavy atom. The summed E-state index contributed by atoms with van der Waals surface area (Å²) in [6, 6.07) is 14.8. The molecule has 1 fully saturated rings. The van der Waals surface area contributed by atoms with E-state index in [1.54, 1.807) is 17.0 Å². The Labute approximate surface area is 192 Å². The molecule has 2 aromatic rings. The van der Waals surface area contributed by atoms with Crippen LogP contribution in [0.15, 0.2) is 48.5 Å². The zero-order valence-corrected chi connectivity index (χ0v) is 20.1. The van der Waals surface area contributed by atoms with Crippen LogP contribution in [0, 0.1) is 0 Å². The molecule has 0 saturated carbocycles. The van der Waals surface area contributed by atoms with Gasteiger partial charge in [-0.2, -0.15) is 0 Å². The number of benzene rings is 2. The van der Waals surface area contributed by atoms with Crippen LogP contribution in [0.3, 0.4) is 0 Å². The van der Waals surface area contributed by atoms with Crippen LogP contribution in [0.1, 0.15) is 48.5 Å². The number of nitrogens with zero attached hydrogens (tertiary/aromatic N) is 2. The zero-order chi connectivity index (χ0) is 23.1. The standard InChI is InChI=1S/C25H34N2O4S/c1-4-5-6-16-31-24-13-9-21(10-14-24)25(28)27(23-15-17-32(29,30)19-23)18-20-7-11-22(12-8-20)26(2)3/h7-14,23H,4-6,15-19H2,1-3H3. The maximum atomic E-state index is 13.4. The smallest absolute Gasteiger partial charge is 0.254 e. The minimum atomic E-state index is -3.11. The van der Waals surface area contributed by atoms with E-state index >= 15 is 0 Å². The van der Waals surface area contributed by atoms with Gasteiger partial charge >= 0.3 is 0 Å². The van der Waals surface area contributed by atoms with Gasteiger partial charge in [0, 0.05) is 37.9 Å². The molecule has 0 aromatic heterocycles. The second-order valence-electron chi connectivity index (χ2n) is 8.63. The number of hydrogen-bond donors (Lipinski definition) is 0. The highest BCUT2D eigenvalue weighted by Gasteiger charge is 2.35. The largest absolute Gasteiger partial charge is 0.494 e. The number of anilines is 1. The highest BCUT2D eigenvalue weighted by molar-refractivity contribution is 7.91. The highest BCUT2D eigenvalue weighted by Crippen LogP contribution is 2.24. The van der Waals surface area contributed by atoms with Crippen molar-refractivity contribution in [2.24, 2.45) is 0 Å². The van der Waals surface area contributed by atoms with Crippen LogP contribution in [0.4, 0.5) is 5.69 Å². The van der Waals surface area contributed by atoms with Gasteiger partial charge in [0.15, 0.2) is 9.84 Å². The van der Waals surface area contributed by atoms with Crippen molar-refractivity contribution >= 4 is 21.4 Å². The van der Waals surface area contributed by atoms with Crippen molar-refractivity contribution in [1.29, 1.82) is 0 Å². The fraction of sp³-hybridized carbons (Fsp3) is 0.480. The molecule has 7 heteroatoms. The Balaban J connectivity index is 1.76. The molecular formula is C25H34N2O4S. The van der Waals surface area contributed by atoms with Crippen LogP contribution in [0.5, 0.6) is 5.75 Å². The molecule has 1 aliphatic rings. The van der Waals surface area contributed by atoms with Crippen molar-refractivity contribution in [3.05, 3.63) is 59.7 Å². The topological polar surface area (TPSA) is 66.9 Å². The van der Waals surface area contributed by atoms with Crippen molar-refractivity contribution in [2.45, 2.75) is 45.2 Å². The minimum absolute atomic E-state index is 0.0210. The maximum absolute atomic E-state index is 13.4. The normalized spacial score (nSPS) is 17.2. The predicted molar refractivity (Wildman–Crippen MR) is 129 cm³/mol. The molecule has 0 N–H and O–H groups in total. The number of carbonyl (C=O) groups excluding carboxylic acids is 1. The zero-order valence-electron chi connectivity index (χ0n) is 19.3. The number of hydrogen-bond acceptors (Lipinski definition) is 5. The van der Waals surface area contributed by atoms with E-state index in [9.17, 15) is 13.2 Å². The number of sulfone groups is 1. The summed E-state index contributed by atoms with van der Waals surface area (Å²) in [5.74, 6) is 0.742. The van der Waals surface area contributed by atoms with Crippen LogP contribution in [0.2, 0.25) is 0 Å². The maximum Gasteiger partial charge on any atom is 0.254 e. The fourth-order valence-electron chi connectivity index (χ4n) is 3.89. The Morgan fingerprint density at radius 1 is 1.03 bits per heavy atom. The van der Waals surface area contributed by atoms with Gasteiger partial charge in [-0.25, -0.2) is 8.42 Å². The summed E-state index contributed by atoms with van der Waals surface area (Å²) in [6.07, 6.45) is 3.75. The third-order valence-electron chi connectivity index (χ3n) is 5.83. The van der Waals surface area contributed by atoms with E-state index in [1.165, 1.54) is 0 Å². The van der Waals surface area contributed by atoms with Gasteiger partial charge in [0.2, 0.25) is 0 Å². The van der Waals surface area contributed by atoms with Gasteiger partial charge < -0.3 is 14.5 Å². The van der Waals surface area contributed by atoms with Gasteiger partial charge in [0.05, 0.1) is 18.1 Å². The molecule has 1 amide bonds.